The zero-order chi connectivity index (χ0) is 47.4. The number of nitrogens with one attached hydrogen (secondary N) is 2. The summed E-state index contributed by atoms with van der Waals surface area (Å²) in [5, 5.41) is 24.7. The number of carbonyl (C=O) groups is 3. The van der Waals surface area contributed by atoms with Crippen LogP contribution in [0.15, 0.2) is 12.3 Å². The summed E-state index contributed by atoms with van der Waals surface area (Å²) in [6, 6.07) is 1.22. The number of hydrogen-bond donors (Lipinski definition) is 3. The first-order valence-electron chi connectivity index (χ1n) is 27.1. The lowest BCUT2D eigenvalue weighted by atomic mass is 10.0. The Balaban J connectivity index is 2.45. The number of unbranched alkanes of at least 4 members (excludes halogenated alkanes) is 25. The quantitative estimate of drug-likeness (QED) is 0.0250. The van der Waals surface area contributed by atoms with Gasteiger partial charge in [0.2, 0.25) is 0 Å². The highest BCUT2D eigenvalue weighted by Gasteiger charge is 2.17. The van der Waals surface area contributed by atoms with Gasteiger partial charge in [-0.15, -0.1) is 0 Å². The minimum absolute atomic E-state index is 0.0339. The van der Waals surface area contributed by atoms with Gasteiger partial charge in [0.15, 0.2) is 0 Å². The molecule has 1 aromatic heterocycles. The molecule has 1 unspecified atom stereocenters. The van der Waals surface area contributed by atoms with Crippen molar-refractivity contribution in [2.24, 2.45) is 0 Å². The van der Waals surface area contributed by atoms with Crippen LogP contribution in [0.5, 0.6) is 0 Å². The molecule has 0 saturated heterocycles. The summed E-state index contributed by atoms with van der Waals surface area (Å²) in [7, 11) is 0. The molecule has 0 aliphatic carbocycles. The molecule has 1 amide bonds. The number of nitro groups is 1. The van der Waals surface area contributed by atoms with Crippen LogP contribution in [0.25, 0.3) is 0 Å². The van der Waals surface area contributed by atoms with E-state index in [0.717, 1.165) is 109 Å². The average Bonchev–Trinajstić information content (AvgIpc) is 3.80. The van der Waals surface area contributed by atoms with Crippen molar-refractivity contribution in [1.82, 2.24) is 15.2 Å². The molecular formula is C53H98N4O8. The van der Waals surface area contributed by atoms with Crippen LogP contribution < -0.4 is 5.32 Å². The predicted octanol–water partition coefficient (Wildman–Crippen LogP) is 13.9. The van der Waals surface area contributed by atoms with Gasteiger partial charge in [0.25, 0.3) is 11.6 Å². The van der Waals surface area contributed by atoms with Crippen LogP contribution in [-0.4, -0.2) is 82.8 Å². The Bertz CT molecular complexity index is 1280. The van der Waals surface area contributed by atoms with Gasteiger partial charge in [-0.1, -0.05) is 162 Å². The van der Waals surface area contributed by atoms with E-state index in [1.54, 1.807) is 0 Å². The fourth-order valence-electron chi connectivity index (χ4n) is 8.50. The monoisotopic (exact) mass is 919 g/mol. The Kier molecular flexibility index (Phi) is 40.2. The van der Waals surface area contributed by atoms with E-state index in [2.05, 4.69) is 36.0 Å². The molecule has 0 spiro atoms. The van der Waals surface area contributed by atoms with E-state index in [1.807, 2.05) is 0 Å². The summed E-state index contributed by atoms with van der Waals surface area (Å²) in [6.07, 6.45) is 39.6. The van der Waals surface area contributed by atoms with Crippen molar-refractivity contribution >= 4 is 23.5 Å². The molecule has 3 N–H and O–H groups in total. The van der Waals surface area contributed by atoms with Gasteiger partial charge < -0.3 is 29.8 Å². The van der Waals surface area contributed by atoms with E-state index in [1.165, 1.54) is 121 Å². The molecule has 65 heavy (non-hydrogen) atoms. The second-order valence-corrected chi connectivity index (χ2v) is 18.8. The second kappa shape index (κ2) is 43.6. The molecule has 0 bridgehead atoms. The van der Waals surface area contributed by atoms with Crippen LogP contribution in [0.2, 0.25) is 0 Å². The number of carbonyl (C=O) groups excluding carboxylic acids is 3. The summed E-state index contributed by atoms with van der Waals surface area (Å²) in [5.41, 5.74) is 0.00475. The Morgan fingerprint density at radius 2 is 1.09 bits per heavy atom. The number of ether oxygens (including phenoxy) is 2. The molecule has 0 radical (unpaired) electrons. The number of esters is 2. The van der Waals surface area contributed by atoms with E-state index in [-0.39, 0.29) is 35.3 Å². The number of aromatic nitrogens is 1. The molecule has 12 nitrogen and oxygen atoms in total. The van der Waals surface area contributed by atoms with Crippen LogP contribution in [0, 0.1) is 10.1 Å². The van der Waals surface area contributed by atoms with Crippen molar-refractivity contribution in [3.05, 3.63) is 28.1 Å². The molecule has 0 aliphatic heterocycles. The first kappa shape index (κ1) is 60.0. The van der Waals surface area contributed by atoms with Crippen molar-refractivity contribution < 1.29 is 33.9 Å². The SMILES string of the molecule is CCCCCCCCCCCOC(=O)CCCCCN(CCCCCCCC(=O)OC(CCCCCCCC)CCCCCCCC)CC(O)CCCCNC(=O)c1cc([N+](=O)[O-])c[nH]1. The number of H-pyrrole nitrogens is 1. The van der Waals surface area contributed by atoms with Crippen LogP contribution in [-0.2, 0) is 19.1 Å². The van der Waals surface area contributed by atoms with E-state index >= 15 is 0 Å². The fourth-order valence-corrected chi connectivity index (χ4v) is 8.50. The van der Waals surface area contributed by atoms with Gasteiger partial charge in [0.05, 0.1) is 23.8 Å². The van der Waals surface area contributed by atoms with Gasteiger partial charge in [-0.05, 0) is 90.1 Å². The van der Waals surface area contributed by atoms with E-state index in [0.29, 0.717) is 45.4 Å². The Labute approximate surface area is 396 Å². The van der Waals surface area contributed by atoms with Gasteiger partial charge in [-0.2, -0.15) is 0 Å². The highest BCUT2D eigenvalue weighted by molar-refractivity contribution is 5.93. The summed E-state index contributed by atoms with van der Waals surface area (Å²) in [6.45, 7) is 9.99. The van der Waals surface area contributed by atoms with Crippen molar-refractivity contribution in [1.29, 1.82) is 0 Å². The average molecular weight is 919 g/mol. The smallest absolute Gasteiger partial charge is 0.306 e. The molecule has 1 heterocycles. The first-order valence-corrected chi connectivity index (χ1v) is 27.1. The summed E-state index contributed by atoms with van der Waals surface area (Å²) >= 11 is 0. The molecule has 0 saturated carbocycles. The van der Waals surface area contributed by atoms with Crippen molar-refractivity contribution in [3.63, 3.8) is 0 Å². The largest absolute Gasteiger partial charge is 0.466 e. The fraction of sp³-hybridized carbons (Fsp3) is 0.868. The Morgan fingerprint density at radius 3 is 1.63 bits per heavy atom. The molecule has 0 aromatic carbocycles. The highest BCUT2D eigenvalue weighted by Crippen LogP contribution is 2.19. The maximum absolute atomic E-state index is 12.9. The number of nitrogens with zero attached hydrogens (tertiary/aromatic N) is 2. The van der Waals surface area contributed by atoms with Crippen LogP contribution in [0.3, 0.4) is 0 Å². The van der Waals surface area contributed by atoms with E-state index in [9.17, 15) is 29.6 Å². The molecule has 1 atom stereocenters. The van der Waals surface area contributed by atoms with Gasteiger partial charge >= 0.3 is 11.9 Å². The van der Waals surface area contributed by atoms with Crippen LogP contribution in [0.1, 0.15) is 262 Å². The number of amides is 1. The summed E-state index contributed by atoms with van der Waals surface area (Å²) in [4.78, 5) is 52.9. The number of rotatable bonds is 48. The maximum Gasteiger partial charge on any atom is 0.306 e. The van der Waals surface area contributed by atoms with E-state index < -0.39 is 11.0 Å². The molecule has 1 aromatic rings. The Hall–Kier alpha value is -2.99. The Morgan fingerprint density at radius 1 is 0.631 bits per heavy atom. The molecule has 0 fully saturated rings. The standard InChI is InChI=1S/C53H98N4O8/c1-4-7-10-13-16-17-18-24-34-43-64-51(59)38-29-25-33-42-56(46-48(58)35-30-31-40-54-53(61)50-44-47(45-55-50)57(62)63)41-32-23-19-22-28-39-52(60)65-49(36-26-20-14-11-8-5-2)37-27-21-15-12-9-6-3/h44-45,48-49,55,58H,4-43,46H2,1-3H3,(H,54,61). The zero-order valence-electron chi connectivity index (χ0n) is 42.0. The highest BCUT2D eigenvalue weighted by atomic mass is 16.6. The number of hydrogen-bond acceptors (Lipinski definition) is 9. The zero-order valence-corrected chi connectivity index (χ0v) is 42.0. The lowest BCUT2D eigenvalue weighted by Gasteiger charge is -2.25. The van der Waals surface area contributed by atoms with Crippen LogP contribution >= 0.6 is 0 Å². The maximum atomic E-state index is 12.9. The lowest BCUT2D eigenvalue weighted by molar-refractivity contribution is -0.384. The normalized spacial score (nSPS) is 12.0. The molecule has 1 rings (SSSR count). The predicted molar refractivity (Wildman–Crippen MR) is 266 cm³/mol. The summed E-state index contributed by atoms with van der Waals surface area (Å²) in [5.74, 6) is -0.520. The van der Waals surface area contributed by atoms with Crippen molar-refractivity contribution in [2.45, 2.75) is 264 Å². The first-order chi connectivity index (χ1) is 31.7. The molecule has 0 aliphatic rings. The third-order valence-corrected chi connectivity index (χ3v) is 12.6. The molecule has 378 valence electrons. The molecular weight excluding hydrogens is 821 g/mol. The molecule has 12 heteroatoms. The lowest BCUT2D eigenvalue weighted by Crippen LogP contribution is -2.34. The van der Waals surface area contributed by atoms with Gasteiger partial charge in [-0.3, -0.25) is 24.5 Å². The summed E-state index contributed by atoms with van der Waals surface area (Å²) < 4.78 is 11.6. The van der Waals surface area contributed by atoms with Gasteiger partial charge in [-0.25, -0.2) is 0 Å². The number of aliphatic hydroxyl groups is 1. The minimum Gasteiger partial charge on any atom is -0.466 e. The van der Waals surface area contributed by atoms with Crippen molar-refractivity contribution in [2.75, 3.05) is 32.8 Å². The van der Waals surface area contributed by atoms with Gasteiger partial charge in [0.1, 0.15) is 11.8 Å². The van der Waals surface area contributed by atoms with Crippen LogP contribution in [0.4, 0.5) is 5.69 Å². The van der Waals surface area contributed by atoms with E-state index in [4.69, 9.17) is 9.47 Å². The van der Waals surface area contributed by atoms with Gasteiger partial charge in [0, 0.05) is 32.0 Å². The topological polar surface area (TPSA) is 164 Å². The number of aromatic amines is 1. The second-order valence-electron chi connectivity index (χ2n) is 18.8. The third-order valence-electron chi connectivity index (χ3n) is 12.6. The third kappa shape index (κ3) is 36.8. The minimum atomic E-state index is -0.542. The number of aliphatic hydroxyl groups excluding tert-OH is 1. The van der Waals surface area contributed by atoms with Crippen molar-refractivity contribution in [3.8, 4) is 0 Å².